The molecule has 1 aromatic rings. The largest absolute Gasteiger partial charge is 0.120 e. The van der Waals surface area contributed by atoms with Gasteiger partial charge in [0.05, 0.1) is 0 Å². The van der Waals surface area contributed by atoms with E-state index in [1.165, 1.54) is 16.7 Å². The van der Waals surface area contributed by atoms with Crippen LogP contribution < -0.4 is 0 Å². The lowest BCUT2D eigenvalue weighted by atomic mass is 9.91. The number of aryl methyl sites for hydroxylation is 2. The van der Waals surface area contributed by atoms with Crippen LogP contribution in [-0.2, 0) is 0 Å². The van der Waals surface area contributed by atoms with Crippen molar-refractivity contribution in [3.05, 3.63) is 34.9 Å². The SMILES string of the molecule is C#CCC(CC)c1ccc(C)c(C)c1. The van der Waals surface area contributed by atoms with Crippen molar-refractivity contribution in [1.29, 1.82) is 0 Å². The second-order valence-electron chi connectivity index (χ2n) is 3.86. The third-order valence-corrected chi connectivity index (χ3v) is 2.86. The van der Waals surface area contributed by atoms with Gasteiger partial charge in [0.15, 0.2) is 0 Å². The van der Waals surface area contributed by atoms with Crippen molar-refractivity contribution in [1.82, 2.24) is 0 Å². The predicted octanol–water partition coefficient (Wildman–Crippen LogP) is 3.82. The van der Waals surface area contributed by atoms with Gasteiger partial charge in [-0.25, -0.2) is 0 Å². The van der Waals surface area contributed by atoms with Crippen molar-refractivity contribution < 1.29 is 0 Å². The van der Waals surface area contributed by atoms with E-state index in [0.717, 1.165) is 12.8 Å². The number of terminal acetylenes is 1. The Balaban J connectivity index is 2.95. The van der Waals surface area contributed by atoms with E-state index in [1.54, 1.807) is 0 Å². The first-order chi connectivity index (χ1) is 6.69. The van der Waals surface area contributed by atoms with Crippen molar-refractivity contribution in [2.24, 2.45) is 0 Å². The molecule has 0 nitrogen and oxygen atoms in total. The molecule has 1 aromatic carbocycles. The molecule has 0 amide bonds. The van der Waals surface area contributed by atoms with Crippen LogP contribution in [0.3, 0.4) is 0 Å². The van der Waals surface area contributed by atoms with Gasteiger partial charge in [-0.1, -0.05) is 25.1 Å². The maximum Gasteiger partial charge on any atom is 0.0155 e. The Morgan fingerprint density at radius 1 is 1.29 bits per heavy atom. The van der Waals surface area contributed by atoms with E-state index in [2.05, 4.69) is 44.9 Å². The minimum Gasteiger partial charge on any atom is -0.120 e. The normalized spacial score (nSPS) is 12.1. The van der Waals surface area contributed by atoms with Crippen LogP contribution in [0.25, 0.3) is 0 Å². The Kier molecular flexibility index (Phi) is 3.77. The first kappa shape index (κ1) is 10.9. The maximum atomic E-state index is 5.36. The average molecular weight is 186 g/mol. The number of hydrogen-bond donors (Lipinski definition) is 0. The van der Waals surface area contributed by atoms with Crippen LogP contribution in [0, 0.1) is 26.2 Å². The van der Waals surface area contributed by atoms with Crippen molar-refractivity contribution >= 4 is 0 Å². The van der Waals surface area contributed by atoms with Crippen LogP contribution in [0.1, 0.15) is 42.4 Å². The molecule has 14 heavy (non-hydrogen) atoms. The van der Waals surface area contributed by atoms with Crippen LogP contribution in [0.2, 0.25) is 0 Å². The van der Waals surface area contributed by atoms with Gasteiger partial charge in [0, 0.05) is 6.42 Å². The molecule has 0 aliphatic rings. The highest BCUT2D eigenvalue weighted by Gasteiger charge is 2.08. The second-order valence-corrected chi connectivity index (χ2v) is 3.86. The lowest BCUT2D eigenvalue weighted by Gasteiger charge is -2.13. The topological polar surface area (TPSA) is 0 Å². The quantitative estimate of drug-likeness (QED) is 0.629. The molecule has 1 rings (SSSR count). The van der Waals surface area contributed by atoms with Crippen molar-refractivity contribution in [2.75, 3.05) is 0 Å². The third-order valence-electron chi connectivity index (χ3n) is 2.86. The Labute approximate surface area is 87.4 Å². The van der Waals surface area contributed by atoms with Gasteiger partial charge in [0.25, 0.3) is 0 Å². The highest BCUT2D eigenvalue weighted by molar-refractivity contribution is 5.32. The minimum absolute atomic E-state index is 0.527. The molecule has 1 unspecified atom stereocenters. The monoisotopic (exact) mass is 186 g/mol. The molecule has 0 heteroatoms. The van der Waals surface area contributed by atoms with Gasteiger partial charge in [0.2, 0.25) is 0 Å². The zero-order valence-electron chi connectivity index (χ0n) is 9.30. The number of rotatable bonds is 3. The summed E-state index contributed by atoms with van der Waals surface area (Å²) in [4.78, 5) is 0. The molecule has 0 radical (unpaired) electrons. The molecule has 0 fully saturated rings. The van der Waals surface area contributed by atoms with Gasteiger partial charge < -0.3 is 0 Å². The van der Waals surface area contributed by atoms with Gasteiger partial charge in [-0.15, -0.1) is 12.3 Å². The van der Waals surface area contributed by atoms with Gasteiger partial charge >= 0.3 is 0 Å². The summed E-state index contributed by atoms with van der Waals surface area (Å²) in [5.74, 6) is 3.28. The molecular formula is C14H18. The molecule has 0 aromatic heterocycles. The van der Waals surface area contributed by atoms with E-state index in [9.17, 15) is 0 Å². The molecule has 74 valence electrons. The van der Waals surface area contributed by atoms with E-state index >= 15 is 0 Å². The molecule has 0 aliphatic heterocycles. The Bertz CT molecular complexity index is 342. The van der Waals surface area contributed by atoms with Gasteiger partial charge in [-0.05, 0) is 42.9 Å². The molecule has 0 saturated heterocycles. The number of hydrogen-bond acceptors (Lipinski definition) is 0. The number of benzene rings is 1. The van der Waals surface area contributed by atoms with E-state index in [4.69, 9.17) is 6.42 Å². The smallest absolute Gasteiger partial charge is 0.0155 e. The molecule has 0 spiro atoms. The summed E-state index contributed by atoms with van der Waals surface area (Å²) in [7, 11) is 0. The molecular weight excluding hydrogens is 168 g/mol. The second kappa shape index (κ2) is 4.86. The van der Waals surface area contributed by atoms with E-state index in [-0.39, 0.29) is 0 Å². The van der Waals surface area contributed by atoms with E-state index < -0.39 is 0 Å². The van der Waals surface area contributed by atoms with E-state index in [1.807, 2.05) is 0 Å². The fraction of sp³-hybridized carbons (Fsp3) is 0.429. The lowest BCUT2D eigenvalue weighted by molar-refractivity contribution is 0.684. The summed E-state index contributed by atoms with van der Waals surface area (Å²) in [5, 5.41) is 0. The summed E-state index contributed by atoms with van der Waals surface area (Å²) < 4.78 is 0. The van der Waals surface area contributed by atoms with Crippen molar-refractivity contribution in [3.63, 3.8) is 0 Å². The summed E-state index contributed by atoms with van der Waals surface area (Å²) in [6, 6.07) is 6.65. The van der Waals surface area contributed by atoms with Crippen molar-refractivity contribution in [2.45, 2.75) is 39.5 Å². The maximum absolute atomic E-state index is 5.36. The first-order valence-electron chi connectivity index (χ1n) is 5.19. The summed E-state index contributed by atoms with van der Waals surface area (Å²) in [6.45, 7) is 6.49. The van der Waals surface area contributed by atoms with E-state index in [0.29, 0.717) is 5.92 Å². The van der Waals surface area contributed by atoms with Crippen LogP contribution in [0.15, 0.2) is 18.2 Å². The molecule has 0 aliphatic carbocycles. The standard InChI is InChI=1S/C14H18/c1-5-7-13(6-2)14-9-8-11(3)12(4)10-14/h1,8-10,13H,6-7H2,2-4H3. The molecule has 0 N–H and O–H groups in total. The Morgan fingerprint density at radius 2 is 2.00 bits per heavy atom. The first-order valence-corrected chi connectivity index (χ1v) is 5.19. The Hall–Kier alpha value is -1.22. The lowest BCUT2D eigenvalue weighted by Crippen LogP contribution is -1.97. The minimum atomic E-state index is 0.527. The summed E-state index contributed by atoms with van der Waals surface area (Å²) in [5.41, 5.74) is 4.09. The fourth-order valence-corrected chi connectivity index (χ4v) is 1.66. The third kappa shape index (κ3) is 2.39. The van der Waals surface area contributed by atoms with Crippen LogP contribution in [-0.4, -0.2) is 0 Å². The Morgan fingerprint density at radius 3 is 2.50 bits per heavy atom. The fourth-order valence-electron chi connectivity index (χ4n) is 1.66. The zero-order chi connectivity index (χ0) is 10.6. The van der Waals surface area contributed by atoms with Gasteiger partial charge in [-0.2, -0.15) is 0 Å². The van der Waals surface area contributed by atoms with Gasteiger partial charge in [-0.3, -0.25) is 0 Å². The van der Waals surface area contributed by atoms with Crippen molar-refractivity contribution in [3.8, 4) is 12.3 Å². The highest BCUT2D eigenvalue weighted by atomic mass is 14.1. The molecule has 0 heterocycles. The van der Waals surface area contributed by atoms with Crippen LogP contribution in [0.4, 0.5) is 0 Å². The molecule has 1 atom stereocenters. The molecule has 0 bridgehead atoms. The summed E-state index contributed by atoms with van der Waals surface area (Å²) >= 11 is 0. The zero-order valence-corrected chi connectivity index (χ0v) is 9.30. The van der Waals surface area contributed by atoms with Gasteiger partial charge in [0.1, 0.15) is 0 Å². The average Bonchev–Trinajstić information content (AvgIpc) is 2.19. The van der Waals surface area contributed by atoms with Crippen LogP contribution >= 0.6 is 0 Å². The van der Waals surface area contributed by atoms with Crippen LogP contribution in [0.5, 0.6) is 0 Å². The summed E-state index contributed by atoms with van der Waals surface area (Å²) in [6.07, 6.45) is 7.32. The highest BCUT2D eigenvalue weighted by Crippen LogP contribution is 2.24. The molecule has 0 saturated carbocycles. The predicted molar refractivity (Wildman–Crippen MR) is 62.4 cm³/mol.